The molecule has 2 aliphatic rings. The van der Waals surface area contributed by atoms with Crippen LogP contribution in [0.5, 0.6) is 0 Å². The molecule has 1 unspecified atom stereocenters. The monoisotopic (exact) mass is 282 g/mol. The Bertz CT molecular complexity index is 353. The van der Waals surface area contributed by atoms with Crippen LogP contribution in [0.15, 0.2) is 0 Å². The molecular weight excluding hydrogens is 256 g/mol. The van der Waals surface area contributed by atoms with Gasteiger partial charge in [-0.1, -0.05) is 25.7 Å². The fourth-order valence-corrected chi connectivity index (χ4v) is 3.52. The van der Waals surface area contributed by atoms with Crippen molar-refractivity contribution in [3.05, 3.63) is 0 Å². The van der Waals surface area contributed by atoms with Crippen LogP contribution < -0.4 is 0 Å². The largest absolute Gasteiger partial charge is 0.480 e. The summed E-state index contributed by atoms with van der Waals surface area (Å²) in [4.78, 5) is 27.7. The number of urea groups is 1. The van der Waals surface area contributed by atoms with Crippen molar-refractivity contribution in [1.82, 2.24) is 9.80 Å². The number of carboxylic acids is 1. The van der Waals surface area contributed by atoms with Crippen LogP contribution in [-0.4, -0.2) is 52.1 Å². The highest BCUT2D eigenvalue weighted by atomic mass is 16.4. The molecule has 0 radical (unpaired) electrons. The van der Waals surface area contributed by atoms with Crippen molar-refractivity contribution < 1.29 is 14.7 Å². The van der Waals surface area contributed by atoms with Crippen LogP contribution in [0.2, 0.25) is 0 Å². The lowest BCUT2D eigenvalue weighted by molar-refractivity contribution is -0.142. The third-order valence-electron chi connectivity index (χ3n) is 4.64. The van der Waals surface area contributed by atoms with Gasteiger partial charge in [0, 0.05) is 19.1 Å². The standard InChI is InChI=1S/C15H26N2O3/c1-2-16(12-8-5-6-9-12)15(20)17-11-7-3-4-10-13(17)14(18)19/h12-13H,2-11H2,1H3,(H,18,19). The summed E-state index contributed by atoms with van der Waals surface area (Å²) in [6, 6.07) is -0.389. The quantitative estimate of drug-likeness (QED) is 0.865. The van der Waals surface area contributed by atoms with Crippen molar-refractivity contribution in [3.63, 3.8) is 0 Å². The Labute approximate surface area is 120 Å². The number of amides is 2. The van der Waals surface area contributed by atoms with E-state index in [1.54, 1.807) is 4.90 Å². The Morgan fingerprint density at radius 2 is 1.75 bits per heavy atom. The Hall–Kier alpha value is -1.26. The molecule has 20 heavy (non-hydrogen) atoms. The van der Waals surface area contributed by atoms with Crippen LogP contribution in [0.25, 0.3) is 0 Å². The molecule has 1 heterocycles. The van der Waals surface area contributed by atoms with Crippen LogP contribution in [0, 0.1) is 0 Å². The van der Waals surface area contributed by atoms with Crippen LogP contribution in [0.4, 0.5) is 4.79 Å². The zero-order valence-corrected chi connectivity index (χ0v) is 12.4. The van der Waals surface area contributed by atoms with Crippen molar-refractivity contribution in [3.8, 4) is 0 Å². The first-order valence-corrected chi connectivity index (χ1v) is 7.95. The Kier molecular flexibility index (Phi) is 5.26. The van der Waals surface area contributed by atoms with Gasteiger partial charge in [-0.25, -0.2) is 9.59 Å². The molecule has 0 aromatic rings. The first kappa shape index (κ1) is 15.1. The van der Waals surface area contributed by atoms with Crippen LogP contribution in [-0.2, 0) is 4.79 Å². The maximum Gasteiger partial charge on any atom is 0.326 e. The van der Waals surface area contributed by atoms with Gasteiger partial charge in [0.15, 0.2) is 0 Å². The van der Waals surface area contributed by atoms with Gasteiger partial charge in [-0.15, -0.1) is 0 Å². The van der Waals surface area contributed by atoms with Gasteiger partial charge >= 0.3 is 12.0 Å². The number of likely N-dealkylation sites (tertiary alicyclic amines) is 1. The molecule has 1 atom stereocenters. The van der Waals surface area contributed by atoms with Gasteiger partial charge in [0.2, 0.25) is 0 Å². The highest BCUT2D eigenvalue weighted by Gasteiger charge is 2.35. The molecule has 0 bridgehead atoms. The molecule has 1 saturated heterocycles. The highest BCUT2D eigenvalue weighted by molar-refractivity contribution is 5.83. The third kappa shape index (κ3) is 3.25. The Morgan fingerprint density at radius 3 is 2.35 bits per heavy atom. The highest BCUT2D eigenvalue weighted by Crippen LogP contribution is 2.26. The molecule has 5 nitrogen and oxygen atoms in total. The predicted octanol–water partition coefficient (Wildman–Crippen LogP) is 2.70. The summed E-state index contributed by atoms with van der Waals surface area (Å²) < 4.78 is 0. The fourth-order valence-electron chi connectivity index (χ4n) is 3.52. The Balaban J connectivity index is 2.11. The van der Waals surface area contributed by atoms with Gasteiger partial charge in [0.1, 0.15) is 6.04 Å². The molecule has 1 saturated carbocycles. The first-order chi connectivity index (χ1) is 9.65. The SMILES string of the molecule is CCN(C(=O)N1CCCCCC1C(=O)O)C1CCCC1. The average Bonchev–Trinajstić information content (AvgIpc) is 2.82. The molecule has 0 aromatic carbocycles. The summed E-state index contributed by atoms with van der Waals surface area (Å²) in [5.41, 5.74) is 0. The first-order valence-electron chi connectivity index (χ1n) is 7.95. The normalized spacial score (nSPS) is 24.4. The summed E-state index contributed by atoms with van der Waals surface area (Å²) >= 11 is 0. The molecular formula is C15H26N2O3. The number of carbonyl (C=O) groups excluding carboxylic acids is 1. The van der Waals surface area contributed by atoms with Gasteiger partial charge in [0.25, 0.3) is 0 Å². The summed E-state index contributed by atoms with van der Waals surface area (Å²) in [7, 11) is 0. The molecule has 2 amide bonds. The minimum absolute atomic E-state index is 0.0614. The van der Waals surface area contributed by atoms with Crippen LogP contribution in [0.1, 0.15) is 58.3 Å². The van der Waals surface area contributed by atoms with Gasteiger partial charge < -0.3 is 14.9 Å². The lowest BCUT2D eigenvalue weighted by atomic mass is 10.1. The molecule has 114 valence electrons. The topological polar surface area (TPSA) is 60.9 Å². The van der Waals surface area contributed by atoms with Crippen LogP contribution >= 0.6 is 0 Å². The summed E-state index contributed by atoms with van der Waals surface area (Å²) in [5, 5.41) is 9.39. The molecule has 2 fully saturated rings. The minimum atomic E-state index is -0.859. The minimum Gasteiger partial charge on any atom is -0.480 e. The van der Waals surface area contributed by atoms with Gasteiger partial charge in [0.05, 0.1) is 0 Å². The molecule has 2 rings (SSSR count). The summed E-state index contributed by atoms with van der Waals surface area (Å²) in [6.07, 6.45) is 7.89. The van der Waals surface area contributed by atoms with Crippen molar-refractivity contribution in [2.24, 2.45) is 0 Å². The van der Waals surface area contributed by atoms with E-state index in [2.05, 4.69) is 0 Å². The molecule has 5 heteroatoms. The second-order valence-corrected chi connectivity index (χ2v) is 5.90. The van der Waals surface area contributed by atoms with E-state index in [0.29, 0.717) is 25.6 Å². The van der Waals surface area contributed by atoms with Crippen molar-refractivity contribution >= 4 is 12.0 Å². The third-order valence-corrected chi connectivity index (χ3v) is 4.64. The van der Waals surface area contributed by atoms with E-state index in [0.717, 1.165) is 32.1 Å². The predicted molar refractivity (Wildman–Crippen MR) is 76.6 cm³/mol. The van der Waals surface area contributed by atoms with E-state index in [-0.39, 0.29) is 6.03 Å². The molecule has 0 aromatic heterocycles. The zero-order valence-electron chi connectivity index (χ0n) is 12.4. The number of carbonyl (C=O) groups is 2. The van der Waals surface area contributed by atoms with E-state index in [4.69, 9.17) is 0 Å². The summed E-state index contributed by atoms with van der Waals surface area (Å²) in [5.74, 6) is -0.859. The van der Waals surface area contributed by atoms with Crippen molar-refractivity contribution in [1.29, 1.82) is 0 Å². The maximum absolute atomic E-state index is 12.8. The zero-order chi connectivity index (χ0) is 14.5. The second kappa shape index (κ2) is 6.95. The lowest BCUT2D eigenvalue weighted by Gasteiger charge is -2.36. The molecule has 1 N–H and O–H groups in total. The van der Waals surface area contributed by atoms with Gasteiger partial charge in [-0.05, 0) is 32.6 Å². The Morgan fingerprint density at radius 1 is 1.10 bits per heavy atom. The molecule has 0 spiro atoms. The fraction of sp³-hybridized carbons (Fsp3) is 0.867. The summed E-state index contributed by atoms with van der Waals surface area (Å²) in [6.45, 7) is 3.25. The van der Waals surface area contributed by atoms with Gasteiger partial charge in [-0.2, -0.15) is 0 Å². The smallest absolute Gasteiger partial charge is 0.326 e. The second-order valence-electron chi connectivity index (χ2n) is 5.90. The lowest BCUT2D eigenvalue weighted by Crippen LogP contribution is -2.53. The van der Waals surface area contributed by atoms with E-state index in [1.165, 1.54) is 12.8 Å². The number of aliphatic carboxylic acids is 1. The number of nitrogens with zero attached hydrogens (tertiary/aromatic N) is 2. The average molecular weight is 282 g/mol. The van der Waals surface area contributed by atoms with Gasteiger partial charge in [-0.3, -0.25) is 0 Å². The van der Waals surface area contributed by atoms with E-state index >= 15 is 0 Å². The number of hydrogen-bond donors (Lipinski definition) is 1. The number of rotatable bonds is 3. The van der Waals surface area contributed by atoms with E-state index < -0.39 is 12.0 Å². The molecule has 1 aliphatic carbocycles. The van der Waals surface area contributed by atoms with Crippen molar-refractivity contribution in [2.75, 3.05) is 13.1 Å². The molecule has 1 aliphatic heterocycles. The van der Waals surface area contributed by atoms with Crippen LogP contribution in [0.3, 0.4) is 0 Å². The maximum atomic E-state index is 12.8. The van der Waals surface area contributed by atoms with E-state index in [1.807, 2.05) is 11.8 Å². The van der Waals surface area contributed by atoms with Crippen molar-refractivity contribution in [2.45, 2.75) is 70.4 Å². The number of hydrogen-bond acceptors (Lipinski definition) is 2. The van der Waals surface area contributed by atoms with E-state index in [9.17, 15) is 14.7 Å². The number of carboxylic acid groups (broad SMARTS) is 1.